The van der Waals surface area contributed by atoms with Crippen LogP contribution in [0.4, 0.5) is 34.3 Å². The van der Waals surface area contributed by atoms with Gasteiger partial charge >= 0.3 is 306 Å². The van der Waals surface area contributed by atoms with Crippen LogP contribution in [-0.2, 0) is 24.8 Å². The van der Waals surface area contributed by atoms with Crippen LogP contribution in [0, 0.1) is 22.9 Å². The molecule has 0 fully saturated rings. The summed E-state index contributed by atoms with van der Waals surface area (Å²) >= 11 is 2.49. The van der Waals surface area contributed by atoms with Gasteiger partial charge in [0.05, 0.1) is 5.69 Å². The van der Waals surface area contributed by atoms with Gasteiger partial charge in [0, 0.05) is 23.0 Å². The third-order valence-electron chi connectivity index (χ3n) is 17.1. The third kappa shape index (κ3) is 10.3. The summed E-state index contributed by atoms with van der Waals surface area (Å²) in [4.78, 5) is 10.2. The molecule has 0 amide bonds. The molecule has 0 unspecified atom stereocenters. The van der Waals surface area contributed by atoms with E-state index in [0.29, 0.717) is 11.5 Å². The van der Waals surface area contributed by atoms with Crippen molar-refractivity contribution in [2.24, 2.45) is 0 Å². The zero-order valence-electron chi connectivity index (χ0n) is 50.3. The summed E-state index contributed by atoms with van der Waals surface area (Å²) in [5.74, 6) is 1.80. The fourth-order valence-corrected chi connectivity index (χ4v) is 13.8. The molecule has 6 nitrogen and oxygen atoms in total. The standard InChI is InChI=1S/C83H61N5O.Pt/c1-57-51-81(84-55-74(57)62-47-45-59(46-48-62)58-25-8-5-9-26-58)88-77-42-19-16-36-71(77)70-35-14-17-40-75(70)87(65-33-22-31-63(52-65)83(2,3)4)76-41-18-15-37-72(76)73-50-49-67(54-80(73)88)89-66-34-23-32-64(53-66)85-56-86(79-44-21-20-43-78(79)85)82-68(60-27-10-6-11-28-60)38-24-39-69(82)61-29-12-7-13-30-61;/h5-52,55H,1-4H3;/q-2;. The van der Waals surface area contributed by atoms with Gasteiger partial charge in [0.25, 0.3) is 0 Å². The van der Waals surface area contributed by atoms with E-state index in [4.69, 9.17) is 9.72 Å². The summed E-state index contributed by atoms with van der Waals surface area (Å²) in [5, 5.41) is 0. The molecule has 0 aliphatic carbocycles. The summed E-state index contributed by atoms with van der Waals surface area (Å²) in [7, 11) is 0. The van der Waals surface area contributed by atoms with E-state index in [0.717, 1.165) is 122 Å². The molecule has 12 aromatic carbocycles. The number of ether oxygens (including phenoxy) is 1. The van der Waals surface area contributed by atoms with E-state index >= 15 is 0 Å². The second-order valence-corrected chi connectivity index (χ2v) is 24.8. The molecule has 0 saturated carbocycles. The van der Waals surface area contributed by atoms with Crippen LogP contribution in [-0.4, -0.2) is 14.1 Å². The second-order valence-electron chi connectivity index (χ2n) is 23.7. The number of aromatic nitrogens is 3. The zero-order valence-corrected chi connectivity index (χ0v) is 52.5. The minimum absolute atomic E-state index is 0.0855. The van der Waals surface area contributed by atoms with Crippen LogP contribution < -0.4 is 14.5 Å². The van der Waals surface area contributed by atoms with Crippen molar-refractivity contribution in [1.82, 2.24) is 14.1 Å². The molecule has 1 aliphatic rings. The van der Waals surface area contributed by atoms with Crippen molar-refractivity contribution in [1.29, 1.82) is 0 Å². The number of fused-ring (bicyclic) bond motifs is 7. The number of rotatable bonds is 10. The number of para-hydroxylation sites is 6. The van der Waals surface area contributed by atoms with E-state index in [2.05, 4.69) is 351 Å². The van der Waals surface area contributed by atoms with Gasteiger partial charge in [-0.1, -0.05) is 136 Å². The number of nitrogens with zero attached hydrogens (tertiary/aromatic N) is 5. The summed E-state index contributed by atoms with van der Waals surface area (Å²) in [5.41, 5.74) is 24.2. The van der Waals surface area contributed by atoms with Crippen molar-refractivity contribution in [3.63, 3.8) is 0 Å². The van der Waals surface area contributed by atoms with E-state index in [1.54, 1.807) is 0 Å². The summed E-state index contributed by atoms with van der Waals surface area (Å²) in [6.07, 6.45) is 2.02. The molecule has 0 saturated heterocycles. The number of hydrogen-bond acceptors (Lipinski definition) is 4. The Morgan fingerprint density at radius 1 is 0.389 bits per heavy atom. The van der Waals surface area contributed by atoms with Gasteiger partial charge in [-0.25, -0.2) is 0 Å². The molecule has 3 heterocycles. The Kier molecular flexibility index (Phi) is 14.6. The fraction of sp³-hybridized carbons (Fsp3) is 0.0602. The Bertz CT molecular complexity index is 5010. The third-order valence-corrected chi connectivity index (χ3v) is 18.1. The molecular formula is C83H61N5OPt-2. The molecule has 436 valence electrons. The molecule has 7 heteroatoms. The predicted octanol–water partition coefficient (Wildman–Crippen LogP) is 22.1. The minimum Gasteiger partial charge on any atom is -0.0622 e. The van der Waals surface area contributed by atoms with Crippen molar-refractivity contribution in [3.8, 4) is 89.6 Å². The molecule has 0 N–H and O–H groups in total. The minimum atomic E-state index is -0.0855. The normalized spacial score (nSPS) is 12.0. The van der Waals surface area contributed by atoms with Crippen molar-refractivity contribution in [2.75, 3.05) is 9.80 Å². The summed E-state index contributed by atoms with van der Waals surface area (Å²) in [6.45, 7) is 9.01. The van der Waals surface area contributed by atoms with Crippen molar-refractivity contribution >= 4 is 45.3 Å². The number of benzene rings is 12. The van der Waals surface area contributed by atoms with E-state index in [-0.39, 0.29) is 5.41 Å². The molecule has 90 heavy (non-hydrogen) atoms. The van der Waals surface area contributed by atoms with Crippen molar-refractivity contribution in [2.45, 2.75) is 33.1 Å². The van der Waals surface area contributed by atoms with Gasteiger partial charge in [-0.15, -0.1) is 0 Å². The Hall–Kier alpha value is -10.7. The molecule has 0 spiro atoms. The quantitative estimate of drug-likeness (QED) is 0.128. The van der Waals surface area contributed by atoms with Crippen LogP contribution in [0.3, 0.4) is 0 Å². The SMILES string of the molecule is Cc1cc(N2c3[c-]c(Oc4[c-]c(-n5[c](=[Pt])n(-c6c(-c7ccccc7)cccc6-c6ccccc6)c6ccccc65)ccc4)ccc3-c3ccccc3N(c3cccc(C(C)(C)C)c3)c3ccccc3-c3ccccc32)ncc1-c1ccc(-c2ccccc2)cc1. The summed E-state index contributed by atoms with van der Waals surface area (Å²) < 4.78 is 12.8. The first-order valence-electron chi connectivity index (χ1n) is 30.4. The Morgan fingerprint density at radius 3 is 1.48 bits per heavy atom. The number of pyridine rings is 1. The van der Waals surface area contributed by atoms with E-state index in [1.165, 1.54) is 16.7 Å². The average Bonchev–Trinajstić information content (AvgIpc) is 1.23. The number of hydrogen-bond donors (Lipinski definition) is 0. The van der Waals surface area contributed by atoms with Crippen LogP contribution in [0.5, 0.6) is 11.5 Å². The average molecular weight is 1340 g/mol. The molecule has 0 atom stereocenters. The molecule has 0 bridgehead atoms. The van der Waals surface area contributed by atoms with Crippen molar-refractivity contribution < 1.29 is 24.1 Å². The van der Waals surface area contributed by atoms with Crippen LogP contribution in [0.25, 0.3) is 89.2 Å². The Labute approximate surface area is 536 Å². The van der Waals surface area contributed by atoms with E-state index in [1.807, 2.05) is 24.4 Å². The molecule has 15 rings (SSSR count). The Balaban J connectivity index is 0.907. The van der Waals surface area contributed by atoms with Gasteiger partial charge in [-0.2, -0.15) is 0 Å². The van der Waals surface area contributed by atoms with Crippen molar-refractivity contribution in [3.05, 3.63) is 324 Å². The summed E-state index contributed by atoms with van der Waals surface area (Å²) in [6, 6.07) is 111. The van der Waals surface area contributed by atoms with Crippen LogP contribution in [0.2, 0.25) is 0 Å². The molecule has 1 aliphatic heterocycles. The van der Waals surface area contributed by atoms with Crippen LogP contribution in [0.1, 0.15) is 31.9 Å². The van der Waals surface area contributed by atoms with Crippen LogP contribution >= 0.6 is 0 Å². The number of imidazole rings is 1. The topological polar surface area (TPSA) is 38.5 Å². The fourth-order valence-electron chi connectivity index (χ4n) is 12.7. The zero-order chi connectivity index (χ0) is 60.9. The second kappa shape index (κ2) is 23.5. The van der Waals surface area contributed by atoms with E-state index in [9.17, 15) is 0 Å². The molecule has 2 aromatic heterocycles. The Morgan fingerprint density at radius 2 is 0.867 bits per heavy atom. The predicted molar refractivity (Wildman–Crippen MR) is 367 cm³/mol. The molecular weight excluding hydrogens is 1280 g/mol. The first-order chi connectivity index (χ1) is 44.1. The maximum absolute atomic E-state index is 7.13. The molecule has 0 radical (unpaired) electrons. The maximum atomic E-state index is 7.13. The number of aryl methyl sites for hydroxylation is 1. The van der Waals surface area contributed by atoms with Gasteiger partial charge < -0.3 is 4.90 Å². The first kappa shape index (κ1) is 55.9. The van der Waals surface area contributed by atoms with Gasteiger partial charge in [-0.3, -0.25) is 0 Å². The van der Waals surface area contributed by atoms with Crippen LogP contribution in [0.15, 0.2) is 297 Å². The van der Waals surface area contributed by atoms with Gasteiger partial charge in [0.15, 0.2) is 0 Å². The van der Waals surface area contributed by atoms with Gasteiger partial charge in [-0.05, 0) is 64.4 Å². The number of anilines is 6. The van der Waals surface area contributed by atoms with E-state index < -0.39 is 0 Å². The monoisotopic (exact) mass is 1340 g/mol. The smallest absolute Gasteiger partial charge is 0.0622 e. The molecule has 14 aromatic rings. The van der Waals surface area contributed by atoms with Gasteiger partial charge in [0.1, 0.15) is 0 Å². The van der Waals surface area contributed by atoms with Gasteiger partial charge in [0.2, 0.25) is 0 Å². The first-order valence-corrected chi connectivity index (χ1v) is 31.6.